The lowest BCUT2D eigenvalue weighted by Crippen LogP contribution is -2.42. The van der Waals surface area contributed by atoms with E-state index in [0.29, 0.717) is 6.42 Å². The second kappa shape index (κ2) is 7.45. The molecule has 98 valence electrons. The Kier molecular flexibility index (Phi) is 5.87. The molecule has 1 atom stereocenters. The van der Waals surface area contributed by atoms with Gasteiger partial charge < -0.3 is 15.8 Å². The van der Waals surface area contributed by atoms with E-state index in [9.17, 15) is 9.59 Å². The third kappa shape index (κ3) is 4.97. The summed E-state index contributed by atoms with van der Waals surface area (Å²) in [6.07, 6.45) is 0.630. The van der Waals surface area contributed by atoms with E-state index in [2.05, 4.69) is 10.1 Å². The summed E-state index contributed by atoms with van der Waals surface area (Å²) in [6.45, 7) is 0.244. The molecule has 0 aliphatic rings. The summed E-state index contributed by atoms with van der Waals surface area (Å²) in [6, 6.07) is 8.94. The van der Waals surface area contributed by atoms with Gasteiger partial charge in [0, 0.05) is 6.54 Å². The smallest absolute Gasteiger partial charge is 0.307 e. The molecule has 0 bridgehead atoms. The molecule has 3 N–H and O–H groups in total. The van der Waals surface area contributed by atoms with E-state index in [-0.39, 0.29) is 24.8 Å². The van der Waals surface area contributed by atoms with E-state index in [1.807, 2.05) is 30.3 Å². The molecule has 1 aromatic rings. The molecular weight excluding hydrogens is 232 g/mol. The number of carbonyl (C=O) groups is 2. The molecule has 0 aromatic heterocycles. The Hall–Kier alpha value is -1.88. The van der Waals surface area contributed by atoms with Crippen molar-refractivity contribution < 1.29 is 14.3 Å². The van der Waals surface area contributed by atoms with Crippen LogP contribution in [-0.2, 0) is 20.7 Å². The van der Waals surface area contributed by atoms with Crippen molar-refractivity contribution >= 4 is 11.9 Å². The quantitative estimate of drug-likeness (QED) is 0.708. The maximum Gasteiger partial charge on any atom is 0.307 e. The molecule has 1 rings (SSSR count). The van der Waals surface area contributed by atoms with E-state index in [0.717, 1.165) is 5.56 Å². The lowest BCUT2D eigenvalue weighted by atomic mass is 10.1. The van der Waals surface area contributed by atoms with E-state index < -0.39 is 6.04 Å². The highest BCUT2D eigenvalue weighted by Crippen LogP contribution is 2.01. The monoisotopic (exact) mass is 250 g/mol. The number of hydrogen-bond donors (Lipinski definition) is 2. The van der Waals surface area contributed by atoms with Crippen LogP contribution in [0, 0.1) is 0 Å². The molecule has 0 saturated heterocycles. The van der Waals surface area contributed by atoms with Crippen molar-refractivity contribution in [1.29, 1.82) is 0 Å². The van der Waals surface area contributed by atoms with Gasteiger partial charge in [0.2, 0.25) is 5.91 Å². The summed E-state index contributed by atoms with van der Waals surface area (Å²) in [5.41, 5.74) is 6.78. The van der Waals surface area contributed by atoms with Crippen LogP contribution < -0.4 is 11.1 Å². The summed E-state index contributed by atoms with van der Waals surface area (Å²) < 4.78 is 4.47. The first-order valence-electron chi connectivity index (χ1n) is 5.77. The van der Waals surface area contributed by atoms with Crippen molar-refractivity contribution in [3.05, 3.63) is 35.9 Å². The molecule has 0 spiro atoms. The summed E-state index contributed by atoms with van der Waals surface area (Å²) >= 11 is 0. The fraction of sp³-hybridized carbons (Fsp3) is 0.385. The van der Waals surface area contributed by atoms with Crippen LogP contribution in [0.15, 0.2) is 30.3 Å². The predicted molar refractivity (Wildman–Crippen MR) is 67.8 cm³/mol. The van der Waals surface area contributed by atoms with Gasteiger partial charge in [0.25, 0.3) is 0 Å². The molecule has 18 heavy (non-hydrogen) atoms. The average Bonchev–Trinajstić information content (AvgIpc) is 2.39. The number of amides is 1. The molecule has 0 aliphatic heterocycles. The van der Waals surface area contributed by atoms with Crippen LogP contribution in [0.25, 0.3) is 0 Å². The van der Waals surface area contributed by atoms with Crippen LogP contribution in [0.4, 0.5) is 0 Å². The van der Waals surface area contributed by atoms with Gasteiger partial charge in [-0.1, -0.05) is 30.3 Å². The van der Waals surface area contributed by atoms with Crippen molar-refractivity contribution in [2.75, 3.05) is 13.7 Å². The van der Waals surface area contributed by atoms with Crippen molar-refractivity contribution in [3.63, 3.8) is 0 Å². The first-order chi connectivity index (χ1) is 8.63. The number of benzene rings is 1. The summed E-state index contributed by atoms with van der Waals surface area (Å²) in [7, 11) is 1.31. The number of carbonyl (C=O) groups excluding carboxylic acids is 2. The van der Waals surface area contributed by atoms with Gasteiger partial charge in [-0.05, 0) is 12.0 Å². The predicted octanol–water partition coefficient (Wildman–Crippen LogP) is 0.236. The third-order valence-corrected chi connectivity index (χ3v) is 2.49. The van der Waals surface area contributed by atoms with Crippen LogP contribution >= 0.6 is 0 Å². The number of nitrogens with two attached hydrogens (primary N) is 1. The summed E-state index contributed by atoms with van der Waals surface area (Å²) in [4.78, 5) is 22.5. The number of hydrogen-bond acceptors (Lipinski definition) is 4. The van der Waals surface area contributed by atoms with Crippen LogP contribution in [0.1, 0.15) is 12.0 Å². The lowest BCUT2D eigenvalue weighted by Gasteiger charge is -2.11. The fourth-order valence-electron chi connectivity index (χ4n) is 1.48. The van der Waals surface area contributed by atoms with E-state index in [4.69, 9.17) is 5.73 Å². The highest BCUT2D eigenvalue weighted by Gasteiger charge is 2.13. The average molecular weight is 250 g/mol. The number of ether oxygens (including phenoxy) is 1. The Morgan fingerprint density at radius 2 is 2.00 bits per heavy atom. The largest absolute Gasteiger partial charge is 0.469 e. The number of esters is 1. The van der Waals surface area contributed by atoms with E-state index in [1.54, 1.807) is 0 Å². The van der Waals surface area contributed by atoms with Gasteiger partial charge in [-0.25, -0.2) is 0 Å². The lowest BCUT2D eigenvalue weighted by molar-refractivity contribution is -0.140. The summed E-state index contributed by atoms with van der Waals surface area (Å²) in [5, 5.41) is 2.60. The van der Waals surface area contributed by atoms with Gasteiger partial charge in [0.15, 0.2) is 0 Å². The van der Waals surface area contributed by atoms with Gasteiger partial charge >= 0.3 is 5.97 Å². The van der Waals surface area contributed by atoms with E-state index in [1.165, 1.54) is 7.11 Å². The van der Waals surface area contributed by atoms with Crippen LogP contribution in [0.5, 0.6) is 0 Å². The molecule has 0 aliphatic carbocycles. The molecule has 0 fully saturated rings. The van der Waals surface area contributed by atoms with Crippen LogP contribution in [-0.4, -0.2) is 31.6 Å². The second-order valence-electron chi connectivity index (χ2n) is 3.91. The Balaban J connectivity index is 2.31. The van der Waals surface area contributed by atoms with Gasteiger partial charge in [0.1, 0.15) is 0 Å². The first kappa shape index (κ1) is 14.2. The molecule has 0 heterocycles. The zero-order chi connectivity index (χ0) is 13.4. The molecule has 1 amide bonds. The maximum absolute atomic E-state index is 11.6. The molecule has 5 heteroatoms. The zero-order valence-corrected chi connectivity index (χ0v) is 10.4. The number of nitrogens with one attached hydrogen (secondary N) is 1. The molecule has 0 saturated carbocycles. The first-order valence-corrected chi connectivity index (χ1v) is 5.77. The normalized spacial score (nSPS) is 11.7. The minimum atomic E-state index is -0.606. The Labute approximate surface area is 106 Å². The number of rotatable bonds is 6. The summed E-state index contributed by atoms with van der Waals surface area (Å²) in [5.74, 6) is -0.616. The van der Waals surface area contributed by atoms with Gasteiger partial charge in [0.05, 0.1) is 19.6 Å². The third-order valence-electron chi connectivity index (χ3n) is 2.49. The topological polar surface area (TPSA) is 81.4 Å². The SMILES string of the molecule is COC(=O)CCNC(=O)[C@H](N)Cc1ccccc1. The van der Waals surface area contributed by atoms with Gasteiger partial charge in [-0.15, -0.1) is 0 Å². The highest BCUT2D eigenvalue weighted by molar-refractivity contribution is 5.82. The van der Waals surface area contributed by atoms with Crippen molar-refractivity contribution in [2.45, 2.75) is 18.9 Å². The standard InChI is InChI=1S/C13H18N2O3/c1-18-12(16)7-8-15-13(17)11(14)9-10-5-3-2-4-6-10/h2-6,11H,7-9,14H2,1H3,(H,15,17)/t11-/m1/s1. The fourth-order valence-corrected chi connectivity index (χ4v) is 1.48. The van der Waals surface area contributed by atoms with Gasteiger partial charge in [-0.3, -0.25) is 9.59 Å². The van der Waals surface area contributed by atoms with E-state index >= 15 is 0 Å². The van der Waals surface area contributed by atoms with Crippen molar-refractivity contribution in [2.24, 2.45) is 5.73 Å². The van der Waals surface area contributed by atoms with Crippen molar-refractivity contribution in [3.8, 4) is 0 Å². The molecule has 1 aromatic carbocycles. The Bertz CT molecular complexity index is 392. The van der Waals surface area contributed by atoms with Crippen molar-refractivity contribution in [1.82, 2.24) is 5.32 Å². The van der Waals surface area contributed by atoms with Crippen LogP contribution in [0.2, 0.25) is 0 Å². The molecular formula is C13H18N2O3. The second-order valence-corrected chi connectivity index (χ2v) is 3.91. The molecule has 0 unspecified atom stereocenters. The zero-order valence-electron chi connectivity index (χ0n) is 10.4. The molecule has 0 radical (unpaired) electrons. The molecule has 5 nitrogen and oxygen atoms in total. The number of methoxy groups -OCH3 is 1. The minimum absolute atomic E-state index is 0.153. The van der Waals surface area contributed by atoms with Gasteiger partial charge in [-0.2, -0.15) is 0 Å². The maximum atomic E-state index is 11.6. The van der Waals surface area contributed by atoms with Crippen LogP contribution in [0.3, 0.4) is 0 Å². The highest BCUT2D eigenvalue weighted by atomic mass is 16.5. The Morgan fingerprint density at radius 1 is 1.33 bits per heavy atom. The Morgan fingerprint density at radius 3 is 2.61 bits per heavy atom. The minimum Gasteiger partial charge on any atom is -0.469 e.